The van der Waals surface area contributed by atoms with E-state index in [0.29, 0.717) is 10.9 Å². The Bertz CT molecular complexity index is 609. The minimum atomic E-state index is -0.0278. The van der Waals surface area contributed by atoms with E-state index in [-0.39, 0.29) is 5.91 Å². The molecule has 1 aliphatic rings. The summed E-state index contributed by atoms with van der Waals surface area (Å²) in [6, 6.07) is 7.85. The summed E-state index contributed by atoms with van der Waals surface area (Å²) in [5.41, 5.74) is 1.96. The predicted octanol–water partition coefficient (Wildman–Crippen LogP) is 2.78. The summed E-state index contributed by atoms with van der Waals surface area (Å²) >= 11 is 1.36. The topological polar surface area (TPSA) is 53.8 Å². The van der Waals surface area contributed by atoms with Crippen molar-refractivity contribution < 1.29 is 4.79 Å². The van der Waals surface area contributed by atoms with Gasteiger partial charge in [0.25, 0.3) is 0 Å². The molecule has 4 nitrogen and oxygen atoms in total. The summed E-state index contributed by atoms with van der Waals surface area (Å²) < 4.78 is 0. The highest BCUT2D eigenvalue weighted by Crippen LogP contribution is 2.08. The molecule has 1 N–H and O–H groups in total. The lowest BCUT2D eigenvalue weighted by Gasteiger charge is -1.93. The maximum absolute atomic E-state index is 11.0. The number of unbranched alkanes of at least 4 members (excludes halogenated alkanes) is 2. The maximum Gasteiger partial charge on any atom is 0.236 e. The summed E-state index contributed by atoms with van der Waals surface area (Å²) in [6.07, 6.45) is 4.92. The minimum Gasteiger partial charge on any atom is -0.303 e. The Hall–Kier alpha value is -2.06. The monoisotopic (exact) mass is 299 g/mol. The molecule has 108 valence electrons. The fraction of sp³-hybridized carbons (Fsp3) is 0.312. The van der Waals surface area contributed by atoms with Crippen molar-refractivity contribution in [1.29, 1.82) is 0 Å². The van der Waals surface area contributed by atoms with Crippen molar-refractivity contribution in [3.8, 4) is 11.8 Å². The number of amides is 1. The number of carbonyl (C=O) groups excluding carboxylic acids is 1. The molecule has 1 aromatic rings. The number of hydrogen-bond donors (Lipinski definition) is 1. The van der Waals surface area contributed by atoms with Gasteiger partial charge in [0.05, 0.1) is 12.0 Å². The van der Waals surface area contributed by atoms with Crippen LogP contribution in [0.2, 0.25) is 0 Å². The van der Waals surface area contributed by atoms with Crippen molar-refractivity contribution in [3.05, 3.63) is 35.4 Å². The Morgan fingerprint density at radius 2 is 2.19 bits per heavy atom. The van der Waals surface area contributed by atoms with Gasteiger partial charge in [0.2, 0.25) is 5.91 Å². The van der Waals surface area contributed by atoms with Crippen molar-refractivity contribution in [1.82, 2.24) is 5.32 Å². The Morgan fingerprint density at radius 1 is 1.38 bits per heavy atom. The normalized spacial score (nSPS) is 16.0. The van der Waals surface area contributed by atoms with Gasteiger partial charge in [-0.2, -0.15) is 5.10 Å². The molecule has 0 atom stereocenters. The molecule has 1 amide bonds. The highest BCUT2D eigenvalue weighted by Gasteiger charge is 2.15. The van der Waals surface area contributed by atoms with Gasteiger partial charge in [0.1, 0.15) is 0 Å². The van der Waals surface area contributed by atoms with Crippen molar-refractivity contribution in [2.75, 3.05) is 5.75 Å². The summed E-state index contributed by atoms with van der Waals surface area (Å²) in [5.74, 6) is 6.69. The summed E-state index contributed by atoms with van der Waals surface area (Å²) in [4.78, 5) is 11.0. The van der Waals surface area contributed by atoms with E-state index < -0.39 is 0 Å². The molecule has 1 aromatic carbocycles. The second kappa shape index (κ2) is 8.28. The molecule has 1 aliphatic heterocycles. The van der Waals surface area contributed by atoms with Gasteiger partial charge in [-0.15, -0.1) is 5.10 Å². The molecule has 0 aromatic heterocycles. The average molecular weight is 299 g/mol. The molecule has 1 saturated heterocycles. The lowest BCUT2D eigenvalue weighted by atomic mass is 10.1. The number of rotatable bonds is 4. The number of carbonyl (C=O) groups is 1. The lowest BCUT2D eigenvalue weighted by Crippen LogP contribution is -2.19. The number of nitrogens with zero attached hydrogens (tertiary/aromatic N) is 2. The van der Waals surface area contributed by atoms with Crippen LogP contribution >= 0.6 is 11.8 Å². The number of thioether (sulfide) groups is 1. The van der Waals surface area contributed by atoms with Crippen LogP contribution in [-0.2, 0) is 4.79 Å². The third-order valence-corrected chi connectivity index (χ3v) is 3.60. The van der Waals surface area contributed by atoms with Crippen molar-refractivity contribution in [3.63, 3.8) is 0 Å². The fourth-order valence-electron chi connectivity index (χ4n) is 1.61. The van der Waals surface area contributed by atoms with Crippen molar-refractivity contribution >= 4 is 29.1 Å². The molecule has 0 unspecified atom stereocenters. The second-order valence-electron chi connectivity index (χ2n) is 4.51. The van der Waals surface area contributed by atoms with E-state index in [1.165, 1.54) is 18.2 Å². The zero-order chi connectivity index (χ0) is 14.9. The fourth-order valence-corrected chi connectivity index (χ4v) is 2.24. The first kappa shape index (κ1) is 15.3. The van der Waals surface area contributed by atoms with E-state index in [4.69, 9.17) is 0 Å². The Labute approximate surface area is 129 Å². The third-order valence-electron chi connectivity index (χ3n) is 2.74. The van der Waals surface area contributed by atoms with E-state index in [0.717, 1.165) is 24.0 Å². The smallest absolute Gasteiger partial charge is 0.236 e. The molecular weight excluding hydrogens is 282 g/mol. The van der Waals surface area contributed by atoms with Gasteiger partial charge in [-0.3, -0.25) is 4.79 Å². The standard InChI is InChI=1S/C16H17N3OS/c1-2-3-4-5-6-13-7-9-14(10-8-13)11-17-19-16-18-15(20)12-21-16/h7-11H,2-4,12H2,1H3,(H,18,19,20). The Morgan fingerprint density at radius 3 is 2.86 bits per heavy atom. The van der Waals surface area contributed by atoms with Crippen LogP contribution < -0.4 is 5.32 Å². The van der Waals surface area contributed by atoms with Crippen LogP contribution in [0.4, 0.5) is 0 Å². The van der Waals surface area contributed by atoms with Gasteiger partial charge in [0.15, 0.2) is 5.17 Å². The minimum absolute atomic E-state index is 0.0278. The quantitative estimate of drug-likeness (QED) is 0.402. The molecule has 0 aliphatic carbocycles. The van der Waals surface area contributed by atoms with Crippen LogP contribution in [-0.4, -0.2) is 23.0 Å². The third kappa shape index (κ3) is 5.44. The highest BCUT2D eigenvalue weighted by atomic mass is 32.2. The van der Waals surface area contributed by atoms with Crippen LogP contribution in [0, 0.1) is 11.8 Å². The number of nitrogens with one attached hydrogen (secondary N) is 1. The zero-order valence-electron chi connectivity index (χ0n) is 11.9. The predicted molar refractivity (Wildman–Crippen MR) is 88.5 cm³/mol. The van der Waals surface area contributed by atoms with Crippen LogP contribution in [0.1, 0.15) is 37.3 Å². The van der Waals surface area contributed by atoms with Crippen LogP contribution in [0.5, 0.6) is 0 Å². The maximum atomic E-state index is 11.0. The molecule has 21 heavy (non-hydrogen) atoms. The second-order valence-corrected chi connectivity index (χ2v) is 5.48. The van der Waals surface area contributed by atoms with Crippen molar-refractivity contribution in [2.24, 2.45) is 10.2 Å². The number of hydrogen-bond acceptors (Lipinski definition) is 4. The van der Waals surface area contributed by atoms with Crippen LogP contribution in [0.15, 0.2) is 34.5 Å². The highest BCUT2D eigenvalue weighted by molar-refractivity contribution is 8.15. The van der Waals surface area contributed by atoms with Crippen molar-refractivity contribution in [2.45, 2.75) is 26.2 Å². The summed E-state index contributed by atoms with van der Waals surface area (Å²) in [7, 11) is 0. The Kier molecular flexibility index (Phi) is 6.04. The van der Waals surface area contributed by atoms with Gasteiger partial charge in [0, 0.05) is 12.0 Å². The average Bonchev–Trinajstić information content (AvgIpc) is 2.91. The summed E-state index contributed by atoms with van der Waals surface area (Å²) in [6.45, 7) is 2.16. The Balaban J connectivity index is 1.89. The zero-order valence-corrected chi connectivity index (χ0v) is 12.7. The van der Waals surface area contributed by atoms with Crippen LogP contribution in [0.25, 0.3) is 0 Å². The molecule has 5 heteroatoms. The molecule has 2 rings (SSSR count). The first-order chi connectivity index (χ1) is 10.3. The number of amidine groups is 1. The molecule has 0 spiro atoms. The molecule has 1 fully saturated rings. The van der Waals surface area contributed by atoms with Gasteiger partial charge in [-0.25, -0.2) is 0 Å². The molecule has 0 saturated carbocycles. The largest absolute Gasteiger partial charge is 0.303 e. The molecule has 0 radical (unpaired) electrons. The van der Waals surface area contributed by atoms with Gasteiger partial charge in [-0.1, -0.05) is 49.1 Å². The molecule has 1 heterocycles. The van der Waals surface area contributed by atoms with Gasteiger partial charge < -0.3 is 5.32 Å². The SMILES string of the molecule is CCCCC#Cc1ccc(C=NN=C2NC(=O)CS2)cc1. The van der Waals surface area contributed by atoms with E-state index in [1.807, 2.05) is 24.3 Å². The van der Waals surface area contributed by atoms with E-state index in [2.05, 4.69) is 34.3 Å². The first-order valence-electron chi connectivity index (χ1n) is 6.90. The van der Waals surface area contributed by atoms with E-state index in [9.17, 15) is 4.79 Å². The van der Waals surface area contributed by atoms with E-state index in [1.54, 1.807) is 6.21 Å². The lowest BCUT2D eigenvalue weighted by molar-refractivity contribution is -0.116. The first-order valence-corrected chi connectivity index (χ1v) is 7.89. The van der Waals surface area contributed by atoms with Gasteiger partial charge >= 0.3 is 0 Å². The molecule has 0 bridgehead atoms. The van der Waals surface area contributed by atoms with Gasteiger partial charge in [-0.05, 0) is 24.1 Å². The van der Waals surface area contributed by atoms with E-state index >= 15 is 0 Å². The summed E-state index contributed by atoms with van der Waals surface area (Å²) in [5, 5.41) is 11.1. The van der Waals surface area contributed by atoms with Crippen LogP contribution in [0.3, 0.4) is 0 Å². The molecular formula is C16H17N3OS. The number of benzene rings is 1.